The third-order valence-corrected chi connectivity index (χ3v) is 4.11. The van der Waals surface area contributed by atoms with E-state index in [1.807, 2.05) is 36.9 Å². The van der Waals surface area contributed by atoms with E-state index in [9.17, 15) is 4.79 Å². The maximum atomic E-state index is 12.1. The molecule has 0 aliphatic heterocycles. The molecule has 0 spiro atoms. The number of benzene rings is 1. The molecule has 21 heavy (non-hydrogen) atoms. The summed E-state index contributed by atoms with van der Waals surface area (Å²) >= 11 is 1.90. The quantitative estimate of drug-likeness (QED) is 0.640. The normalized spacial score (nSPS) is 10.4. The average molecular weight is 308 g/mol. The molecule has 118 valence electrons. The van der Waals surface area contributed by atoms with Crippen molar-refractivity contribution < 1.29 is 4.79 Å². The van der Waals surface area contributed by atoms with Crippen LogP contribution in [0.4, 0.5) is 5.69 Å². The van der Waals surface area contributed by atoms with E-state index in [0.29, 0.717) is 0 Å². The molecule has 2 N–H and O–H groups in total. The Labute approximate surface area is 133 Å². The predicted molar refractivity (Wildman–Crippen MR) is 94.5 cm³/mol. The molecule has 4 heteroatoms. The number of thioether (sulfide) groups is 1. The van der Waals surface area contributed by atoms with Crippen molar-refractivity contribution in [3.63, 3.8) is 0 Å². The van der Waals surface area contributed by atoms with E-state index in [0.717, 1.165) is 36.3 Å². The molecule has 0 aromatic heterocycles. The minimum Gasteiger partial charge on any atom is -0.385 e. The Bertz CT molecular complexity index is 435. The number of hydrogen-bond acceptors (Lipinski definition) is 3. The van der Waals surface area contributed by atoms with E-state index in [1.165, 1.54) is 25.0 Å². The highest BCUT2D eigenvalue weighted by molar-refractivity contribution is 7.98. The molecule has 0 saturated carbocycles. The third kappa shape index (κ3) is 6.89. The van der Waals surface area contributed by atoms with Crippen LogP contribution < -0.4 is 10.6 Å². The maximum Gasteiger partial charge on any atom is 0.251 e. The first-order chi connectivity index (χ1) is 10.2. The average Bonchev–Trinajstić information content (AvgIpc) is 2.46. The van der Waals surface area contributed by atoms with Gasteiger partial charge in [0.15, 0.2) is 0 Å². The second kappa shape index (κ2) is 10.6. The smallest absolute Gasteiger partial charge is 0.251 e. The summed E-state index contributed by atoms with van der Waals surface area (Å²) in [6.07, 6.45) is 6.94. The SMILES string of the molecule is CCNc1ccc(C(=O)NCCCCCCSC)c(C)c1. The molecule has 1 aromatic carbocycles. The van der Waals surface area contributed by atoms with Gasteiger partial charge in [-0.15, -0.1) is 0 Å². The molecular formula is C17H28N2OS. The van der Waals surface area contributed by atoms with Crippen LogP contribution in [0.3, 0.4) is 0 Å². The van der Waals surface area contributed by atoms with Crippen LogP contribution in [-0.4, -0.2) is 31.0 Å². The van der Waals surface area contributed by atoms with Gasteiger partial charge in [-0.25, -0.2) is 0 Å². The Morgan fingerprint density at radius 3 is 2.62 bits per heavy atom. The number of aryl methyl sites for hydroxylation is 1. The largest absolute Gasteiger partial charge is 0.385 e. The van der Waals surface area contributed by atoms with Crippen molar-refractivity contribution in [2.75, 3.05) is 30.4 Å². The van der Waals surface area contributed by atoms with E-state index >= 15 is 0 Å². The van der Waals surface area contributed by atoms with Gasteiger partial charge in [-0.05, 0) is 62.5 Å². The number of carbonyl (C=O) groups is 1. The van der Waals surface area contributed by atoms with Crippen LogP contribution in [0.2, 0.25) is 0 Å². The second-order valence-corrected chi connectivity index (χ2v) is 6.21. The summed E-state index contributed by atoms with van der Waals surface area (Å²) in [5.74, 6) is 1.28. The van der Waals surface area contributed by atoms with Crippen LogP contribution >= 0.6 is 11.8 Å². The van der Waals surface area contributed by atoms with E-state index < -0.39 is 0 Å². The van der Waals surface area contributed by atoms with Crippen LogP contribution in [0.5, 0.6) is 0 Å². The molecule has 0 aliphatic rings. The van der Waals surface area contributed by atoms with Gasteiger partial charge in [-0.3, -0.25) is 4.79 Å². The topological polar surface area (TPSA) is 41.1 Å². The molecule has 3 nitrogen and oxygen atoms in total. The lowest BCUT2D eigenvalue weighted by Crippen LogP contribution is -2.25. The highest BCUT2D eigenvalue weighted by Crippen LogP contribution is 2.15. The van der Waals surface area contributed by atoms with Gasteiger partial charge in [0.25, 0.3) is 5.91 Å². The molecule has 1 amide bonds. The zero-order chi connectivity index (χ0) is 15.5. The van der Waals surface area contributed by atoms with Crippen LogP contribution in [0.25, 0.3) is 0 Å². The Kier molecular flexibility index (Phi) is 8.99. The van der Waals surface area contributed by atoms with E-state index in [2.05, 4.69) is 23.8 Å². The lowest BCUT2D eigenvalue weighted by atomic mass is 10.1. The van der Waals surface area contributed by atoms with Crippen LogP contribution in [0.1, 0.15) is 48.5 Å². The zero-order valence-corrected chi connectivity index (χ0v) is 14.3. The molecule has 0 fully saturated rings. The zero-order valence-electron chi connectivity index (χ0n) is 13.5. The van der Waals surface area contributed by atoms with Gasteiger partial charge in [0.2, 0.25) is 0 Å². The van der Waals surface area contributed by atoms with Crippen molar-refractivity contribution in [3.05, 3.63) is 29.3 Å². The number of nitrogens with one attached hydrogen (secondary N) is 2. The number of rotatable bonds is 10. The van der Waals surface area contributed by atoms with Gasteiger partial charge in [-0.2, -0.15) is 11.8 Å². The summed E-state index contributed by atoms with van der Waals surface area (Å²) in [6.45, 7) is 5.71. The van der Waals surface area contributed by atoms with Gasteiger partial charge in [0.05, 0.1) is 0 Å². The summed E-state index contributed by atoms with van der Waals surface area (Å²) in [7, 11) is 0. The van der Waals surface area contributed by atoms with Crippen molar-refractivity contribution in [3.8, 4) is 0 Å². The molecule has 0 atom stereocenters. The molecular weight excluding hydrogens is 280 g/mol. The Morgan fingerprint density at radius 2 is 1.95 bits per heavy atom. The van der Waals surface area contributed by atoms with Gasteiger partial charge < -0.3 is 10.6 Å². The van der Waals surface area contributed by atoms with Crippen LogP contribution in [0, 0.1) is 6.92 Å². The molecule has 0 unspecified atom stereocenters. The van der Waals surface area contributed by atoms with Gasteiger partial charge in [-0.1, -0.05) is 12.8 Å². The number of anilines is 1. The van der Waals surface area contributed by atoms with Gasteiger partial charge in [0.1, 0.15) is 0 Å². The molecule has 0 saturated heterocycles. The standard InChI is InChI=1S/C17H28N2OS/c1-4-18-15-9-10-16(14(2)13-15)17(20)19-11-7-5-6-8-12-21-3/h9-10,13,18H,4-8,11-12H2,1-3H3,(H,19,20). The summed E-state index contributed by atoms with van der Waals surface area (Å²) in [4.78, 5) is 12.1. The highest BCUT2D eigenvalue weighted by atomic mass is 32.2. The van der Waals surface area contributed by atoms with Crippen LogP contribution in [0.15, 0.2) is 18.2 Å². The van der Waals surface area contributed by atoms with Crippen molar-refractivity contribution in [1.29, 1.82) is 0 Å². The highest BCUT2D eigenvalue weighted by Gasteiger charge is 2.08. The lowest BCUT2D eigenvalue weighted by molar-refractivity contribution is 0.0952. The molecule has 0 radical (unpaired) electrons. The third-order valence-electron chi connectivity index (χ3n) is 3.41. The number of carbonyl (C=O) groups excluding carboxylic acids is 1. The first-order valence-corrected chi connectivity index (χ1v) is 9.20. The summed E-state index contributed by atoms with van der Waals surface area (Å²) in [5.41, 5.74) is 2.87. The predicted octanol–water partition coefficient (Wildman–Crippen LogP) is 4.08. The fourth-order valence-corrected chi connectivity index (χ4v) is 2.75. The second-order valence-electron chi connectivity index (χ2n) is 5.22. The summed E-state index contributed by atoms with van der Waals surface area (Å²) in [6, 6.07) is 5.90. The van der Waals surface area contributed by atoms with E-state index in [4.69, 9.17) is 0 Å². The number of amides is 1. The fourth-order valence-electron chi connectivity index (χ4n) is 2.25. The molecule has 1 rings (SSSR count). The molecule has 0 bridgehead atoms. The van der Waals surface area contributed by atoms with Crippen molar-refractivity contribution in [1.82, 2.24) is 5.32 Å². The number of hydrogen-bond donors (Lipinski definition) is 2. The minimum atomic E-state index is 0.0414. The molecule has 0 aliphatic carbocycles. The first-order valence-electron chi connectivity index (χ1n) is 7.80. The Hall–Kier alpha value is -1.16. The first kappa shape index (κ1) is 17.9. The monoisotopic (exact) mass is 308 g/mol. The van der Waals surface area contributed by atoms with Crippen molar-refractivity contribution in [2.24, 2.45) is 0 Å². The van der Waals surface area contributed by atoms with Gasteiger partial charge >= 0.3 is 0 Å². The van der Waals surface area contributed by atoms with Gasteiger partial charge in [0, 0.05) is 24.3 Å². The van der Waals surface area contributed by atoms with Crippen LogP contribution in [-0.2, 0) is 0 Å². The maximum absolute atomic E-state index is 12.1. The Morgan fingerprint density at radius 1 is 1.19 bits per heavy atom. The molecule has 0 heterocycles. The Balaban J connectivity index is 2.32. The van der Waals surface area contributed by atoms with Crippen molar-refractivity contribution >= 4 is 23.4 Å². The molecule has 1 aromatic rings. The number of unbranched alkanes of at least 4 members (excludes halogenated alkanes) is 3. The van der Waals surface area contributed by atoms with E-state index in [-0.39, 0.29) is 5.91 Å². The summed E-state index contributed by atoms with van der Waals surface area (Å²) in [5, 5.41) is 6.28. The van der Waals surface area contributed by atoms with Crippen molar-refractivity contribution in [2.45, 2.75) is 39.5 Å². The fraction of sp³-hybridized carbons (Fsp3) is 0.588. The lowest BCUT2D eigenvalue weighted by Gasteiger charge is -2.10. The van der Waals surface area contributed by atoms with E-state index in [1.54, 1.807) is 0 Å². The minimum absolute atomic E-state index is 0.0414. The summed E-state index contributed by atoms with van der Waals surface area (Å²) < 4.78 is 0.